The molecule has 0 atom stereocenters. The highest BCUT2D eigenvalue weighted by atomic mass is 16.3. The Hall–Kier alpha value is -0.980. The van der Waals surface area contributed by atoms with Crippen LogP contribution in [0.15, 0.2) is 24.3 Å². The van der Waals surface area contributed by atoms with Gasteiger partial charge in [0.2, 0.25) is 0 Å². The molecule has 1 aromatic rings. The zero-order chi connectivity index (χ0) is 8.10. The van der Waals surface area contributed by atoms with Crippen molar-refractivity contribution in [2.24, 2.45) is 0 Å². The van der Waals surface area contributed by atoms with Crippen LogP contribution in [0.3, 0.4) is 0 Å². The molecule has 1 heteroatoms. The number of hydrogen-bond acceptors (Lipinski definition) is 1. The van der Waals surface area contributed by atoms with Gasteiger partial charge in [-0.05, 0) is 30.5 Å². The number of phenolic OH excluding ortho intramolecular Hbond substituents is 1. The predicted molar refractivity (Wildman–Crippen MR) is 46.4 cm³/mol. The van der Waals surface area contributed by atoms with E-state index in [1.54, 1.807) is 12.1 Å². The summed E-state index contributed by atoms with van der Waals surface area (Å²) >= 11 is 0. The largest absolute Gasteiger partial charge is 0.508 e. The van der Waals surface area contributed by atoms with Gasteiger partial charge in [0.05, 0.1) is 0 Å². The van der Waals surface area contributed by atoms with Crippen molar-refractivity contribution < 1.29 is 5.11 Å². The molecule has 0 aliphatic rings. The fourth-order valence-corrected chi connectivity index (χ4v) is 0.921. The number of phenols is 1. The van der Waals surface area contributed by atoms with Crippen LogP contribution in [0.25, 0.3) is 0 Å². The standard InChI is InChI=1S/C10H13O/c1-2-3-4-9-5-7-10(11)8-6-9/h4-8,11H,2-3H2,1H3. The minimum atomic E-state index is 0.332. The Kier molecular flexibility index (Phi) is 2.96. The number of unbranched alkanes of at least 4 members (excludes halogenated alkanes) is 1. The Morgan fingerprint density at radius 1 is 1.27 bits per heavy atom. The fraction of sp³-hybridized carbons (Fsp3) is 0.300. The van der Waals surface area contributed by atoms with E-state index in [9.17, 15) is 0 Å². The van der Waals surface area contributed by atoms with Gasteiger partial charge in [0.15, 0.2) is 0 Å². The molecule has 0 spiro atoms. The highest BCUT2D eigenvalue weighted by molar-refractivity contribution is 5.29. The number of benzene rings is 1. The first-order valence-electron chi connectivity index (χ1n) is 3.95. The van der Waals surface area contributed by atoms with Crippen LogP contribution < -0.4 is 0 Å². The Morgan fingerprint density at radius 2 is 1.91 bits per heavy atom. The van der Waals surface area contributed by atoms with Crippen molar-refractivity contribution in [2.75, 3.05) is 0 Å². The zero-order valence-electron chi connectivity index (χ0n) is 6.75. The van der Waals surface area contributed by atoms with Crippen molar-refractivity contribution >= 4 is 0 Å². The van der Waals surface area contributed by atoms with Gasteiger partial charge in [0, 0.05) is 0 Å². The molecule has 0 aromatic heterocycles. The van der Waals surface area contributed by atoms with Crippen LogP contribution in [-0.4, -0.2) is 5.11 Å². The highest BCUT2D eigenvalue weighted by Gasteiger charge is 1.91. The average molecular weight is 149 g/mol. The molecular weight excluding hydrogens is 136 g/mol. The van der Waals surface area contributed by atoms with Crippen molar-refractivity contribution in [1.29, 1.82) is 0 Å². The summed E-state index contributed by atoms with van der Waals surface area (Å²) in [5.74, 6) is 0.332. The summed E-state index contributed by atoms with van der Waals surface area (Å²) in [6, 6.07) is 7.26. The van der Waals surface area contributed by atoms with Gasteiger partial charge in [-0.2, -0.15) is 0 Å². The first-order chi connectivity index (χ1) is 5.33. The third-order valence-corrected chi connectivity index (χ3v) is 1.56. The van der Waals surface area contributed by atoms with Crippen LogP contribution in [0.4, 0.5) is 0 Å². The molecule has 1 rings (SSSR count). The van der Waals surface area contributed by atoms with Crippen LogP contribution in [0, 0.1) is 6.42 Å². The second-order valence-electron chi connectivity index (χ2n) is 2.58. The molecule has 0 aliphatic heterocycles. The van der Waals surface area contributed by atoms with Crippen LogP contribution in [0.1, 0.15) is 25.3 Å². The number of hydrogen-bond donors (Lipinski definition) is 1. The molecule has 1 radical (unpaired) electrons. The minimum Gasteiger partial charge on any atom is -0.508 e. The van der Waals surface area contributed by atoms with Crippen molar-refractivity contribution in [3.8, 4) is 5.75 Å². The molecule has 0 amide bonds. The quantitative estimate of drug-likeness (QED) is 0.700. The zero-order valence-corrected chi connectivity index (χ0v) is 6.75. The van der Waals surface area contributed by atoms with Crippen LogP contribution in [0.2, 0.25) is 0 Å². The monoisotopic (exact) mass is 149 g/mol. The lowest BCUT2D eigenvalue weighted by molar-refractivity contribution is 0.475. The van der Waals surface area contributed by atoms with Gasteiger partial charge in [-0.25, -0.2) is 0 Å². The van der Waals surface area contributed by atoms with E-state index in [0.717, 1.165) is 6.42 Å². The SMILES string of the molecule is CCC[CH]c1ccc(O)cc1. The number of rotatable bonds is 3. The normalized spacial score (nSPS) is 9.91. The first-order valence-corrected chi connectivity index (χ1v) is 3.95. The van der Waals surface area contributed by atoms with E-state index < -0.39 is 0 Å². The molecule has 59 valence electrons. The van der Waals surface area contributed by atoms with E-state index in [1.165, 1.54) is 12.0 Å². The van der Waals surface area contributed by atoms with E-state index in [0.29, 0.717) is 5.75 Å². The second-order valence-corrected chi connectivity index (χ2v) is 2.58. The van der Waals surface area contributed by atoms with E-state index in [4.69, 9.17) is 5.11 Å². The second kappa shape index (κ2) is 4.02. The van der Waals surface area contributed by atoms with Crippen molar-refractivity contribution in [3.05, 3.63) is 36.2 Å². The van der Waals surface area contributed by atoms with E-state index >= 15 is 0 Å². The molecule has 11 heavy (non-hydrogen) atoms. The van der Waals surface area contributed by atoms with Crippen molar-refractivity contribution in [1.82, 2.24) is 0 Å². The predicted octanol–water partition coefficient (Wildman–Crippen LogP) is 2.74. The molecule has 1 N–H and O–H groups in total. The maximum atomic E-state index is 8.97. The third kappa shape index (κ3) is 2.62. The van der Waals surface area contributed by atoms with Gasteiger partial charge in [0.25, 0.3) is 0 Å². The molecule has 0 heterocycles. The molecule has 0 aliphatic carbocycles. The smallest absolute Gasteiger partial charge is 0.115 e. The minimum absolute atomic E-state index is 0.332. The van der Waals surface area contributed by atoms with E-state index in [1.807, 2.05) is 12.1 Å². The molecular formula is C10H13O. The Morgan fingerprint density at radius 3 is 2.45 bits per heavy atom. The molecule has 1 aromatic carbocycles. The maximum absolute atomic E-state index is 8.97. The van der Waals surface area contributed by atoms with Crippen molar-refractivity contribution in [2.45, 2.75) is 19.8 Å². The summed E-state index contributed by atoms with van der Waals surface area (Å²) in [5, 5.41) is 8.97. The number of aromatic hydroxyl groups is 1. The Balaban J connectivity index is 2.52. The molecule has 0 saturated carbocycles. The maximum Gasteiger partial charge on any atom is 0.115 e. The summed E-state index contributed by atoms with van der Waals surface area (Å²) in [4.78, 5) is 0. The first kappa shape index (κ1) is 8.12. The highest BCUT2D eigenvalue weighted by Crippen LogP contribution is 2.12. The van der Waals surface area contributed by atoms with Crippen LogP contribution >= 0.6 is 0 Å². The summed E-state index contributed by atoms with van der Waals surface area (Å²) < 4.78 is 0. The van der Waals surface area contributed by atoms with Gasteiger partial charge in [-0.15, -0.1) is 0 Å². The van der Waals surface area contributed by atoms with E-state index in [-0.39, 0.29) is 0 Å². The lowest BCUT2D eigenvalue weighted by Crippen LogP contribution is -1.79. The Bertz CT molecular complexity index is 201. The van der Waals surface area contributed by atoms with Gasteiger partial charge in [0.1, 0.15) is 5.75 Å². The van der Waals surface area contributed by atoms with Gasteiger partial charge < -0.3 is 5.11 Å². The summed E-state index contributed by atoms with van der Waals surface area (Å²) in [7, 11) is 0. The van der Waals surface area contributed by atoms with Crippen LogP contribution in [-0.2, 0) is 0 Å². The summed E-state index contributed by atoms with van der Waals surface area (Å²) in [5.41, 5.74) is 1.18. The van der Waals surface area contributed by atoms with Gasteiger partial charge in [-0.3, -0.25) is 0 Å². The molecule has 1 nitrogen and oxygen atoms in total. The topological polar surface area (TPSA) is 20.2 Å². The van der Waals surface area contributed by atoms with Crippen molar-refractivity contribution in [3.63, 3.8) is 0 Å². The Labute approximate surface area is 67.7 Å². The molecule has 0 saturated heterocycles. The third-order valence-electron chi connectivity index (χ3n) is 1.56. The lowest BCUT2D eigenvalue weighted by atomic mass is 10.1. The lowest BCUT2D eigenvalue weighted by Gasteiger charge is -1.97. The summed E-state index contributed by atoms with van der Waals surface area (Å²) in [6.45, 7) is 2.15. The van der Waals surface area contributed by atoms with Gasteiger partial charge in [-0.1, -0.05) is 25.5 Å². The fourth-order valence-electron chi connectivity index (χ4n) is 0.921. The van der Waals surface area contributed by atoms with Crippen LogP contribution in [0.5, 0.6) is 5.75 Å². The molecule has 0 fully saturated rings. The average Bonchev–Trinajstić information content (AvgIpc) is 2.04. The summed E-state index contributed by atoms with van der Waals surface area (Å²) in [6.07, 6.45) is 4.44. The van der Waals surface area contributed by atoms with Gasteiger partial charge >= 0.3 is 0 Å². The molecule has 0 unspecified atom stereocenters. The van der Waals surface area contributed by atoms with E-state index in [2.05, 4.69) is 13.3 Å². The molecule has 0 bridgehead atoms.